The molecular weight excluding hydrogens is 340 g/mol. The van der Waals surface area contributed by atoms with Crippen LogP contribution in [0.1, 0.15) is 17.5 Å². The summed E-state index contributed by atoms with van der Waals surface area (Å²) in [5.74, 6) is -0.587. The lowest BCUT2D eigenvalue weighted by molar-refractivity contribution is -0.141. The molecule has 27 heavy (non-hydrogen) atoms. The lowest BCUT2D eigenvalue weighted by Crippen LogP contribution is -2.37. The van der Waals surface area contributed by atoms with Gasteiger partial charge in [0.05, 0.1) is 6.04 Å². The maximum Gasteiger partial charge on any atom is 0.331 e. The number of cyclic esters (lactones) is 1. The first-order valence-electron chi connectivity index (χ1n) is 8.86. The van der Waals surface area contributed by atoms with Gasteiger partial charge in [-0.25, -0.2) is 4.79 Å². The van der Waals surface area contributed by atoms with Gasteiger partial charge in [-0.2, -0.15) is 0 Å². The van der Waals surface area contributed by atoms with E-state index in [4.69, 9.17) is 10.5 Å². The van der Waals surface area contributed by atoms with Crippen molar-refractivity contribution in [1.82, 2.24) is 0 Å². The number of carbonyl (C=O) groups is 2. The van der Waals surface area contributed by atoms with Crippen molar-refractivity contribution in [2.24, 2.45) is 5.73 Å². The molecule has 0 saturated heterocycles. The Morgan fingerprint density at radius 1 is 1.19 bits per heavy atom. The molecular formula is C22H22N2O3. The molecule has 2 atom stereocenters. The summed E-state index contributed by atoms with van der Waals surface area (Å²) in [4.78, 5) is 23.8. The summed E-state index contributed by atoms with van der Waals surface area (Å²) in [6.45, 7) is 0. The minimum Gasteiger partial charge on any atom is -0.455 e. The van der Waals surface area contributed by atoms with Crippen LogP contribution >= 0.6 is 0 Å². The Morgan fingerprint density at radius 3 is 2.70 bits per heavy atom. The van der Waals surface area contributed by atoms with Crippen molar-refractivity contribution in [2.45, 2.75) is 25.0 Å². The van der Waals surface area contributed by atoms with Crippen LogP contribution in [0.25, 0.3) is 6.08 Å². The van der Waals surface area contributed by atoms with Gasteiger partial charge < -0.3 is 15.8 Å². The largest absolute Gasteiger partial charge is 0.455 e. The van der Waals surface area contributed by atoms with Gasteiger partial charge in [-0.1, -0.05) is 60.7 Å². The van der Waals surface area contributed by atoms with E-state index >= 15 is 0 Å². The average molecular weight is 362 g/mol. The predicted molar refractivity (Wildman–Crippen MR) is 106 cm³/mol. The second-order valence-corrected chi connectivity index (χ2v) is 6.35. The van der Waals surface area contributed by atoms with Crippen LogP contribution in [0.4, 0.5) is 5.69 Å². The maximum absolute atomic E-state index is 12.5. The molecule has 5 heteroatoms. The molecule has 1 heterocycles. The first-order valence-corrected chi connectivity index (χ1v) is 8.86. The number of anilines is 1. The summed E-state index contributed by atoms with van der Waals surface area (Å²) in [7, 11) is 0. The fourth-order valence-corrected chi connectivity index (χ4v) is 2.81. The molecule has 0 radical (unpaired) electrons. The molecule has 0 aromatic heterocycles. The lowest BCUT2D eigenvalue weighted by Gasteiger charge is -2.16. The van der Waals surface area contributed by atoms with E-state index in [1.54, 1.807) is 6.08 Å². The van der Waals surface area contributed by atoms with Crippen LogP contribution in [-0.2, 0) is 20.7 Å². The van der Waals surface area contributed by atoms with E-state index in [0.717, 1.165) is 11.1 Å². The number of esters is 1. The smallest absolute Gasteiger partial charge is 0.331 e. The zero-order valence-electron chi connectivity index (χ0n) is 14.9. The van der Waals surface area contributed by atoms with E-state index in [1.165, 1.54) is 6.08 Å². The number of hydrogen-bond donors (Lipinski definition) is 2. The van der Waals surface area contributed by atoms with E-state index in [9.17, 15) is 9.59 Å². The van der Waals surface area contributed by atoms with Crippen molar-refractivity contribution in [3.05, 3.63) is 84.0 Å². The Kier molecular flexibility index (Phi) is 6.18. The molecule has 0 saturated carbocycles. The molecule has 3 N–H and O–H groups in total. The number of hydrogen-bond acceptors (Lipinski definition) is 4. The number of nitrogens with one attached hydrogen (secondary N) is 1. The number of para-hydroxylation sites is 1. The zero-order valence-corrected chi connectivity index (χ0v) is 14.9. The van der Waals surface area contributed by atoms with E-state index in [0.29, 0.717) is 18.5 Å². The van der Waals surface area contributed by atoms with Crippen LogP contribution < -0.4 is 11.1 Å². The summed E-state index contributed by atoms with van der Waals surface area (Å²) >= 11 is 0. The summed E-state index contributed by atoms with van der Waals surface area (Å²) in [5.41, 5.74) is 8.56. The Morgan fingerprint density at radius 2 is 1.93 bits per heavy atom. The summed E-state index contributed by atoms with van der Waals surface area (Å²) in [6.07, 6.45) is 7.68. The minimum atomic E-state index is -0.645. The van der Waals surface area contributed by atoms with Crippen LogP contribution in [-0.4, -0.2) is 24.0 Å². The number of ether oxygens (including phenoxy) is 1. The van der Waals surface area contributed by atoms with Crippen LogP contribution in [0.2, 0.25) is 0 Å². The molecule has 5 nitrogen and oxygen atoms in total. The van der Waals surface area contributed by atoms with Crippen molar-refractivity contribution in [1.29, 1.82) is 0 Å². The van der Waals surface area contributed by atoms with Crippen molar-refractivity contribution in [2.75, 3.05) is 5.32 Å². The normalized spacial score (nSPS) is 17.5. The highest BCUT2D eigenvalue weighted by Crippen LogP contribution is 2.19. The molecule has 1 aliphatic rings. The standard InChI is InChI=1S/C22H22N2O3/c23-19(15-16-7-2-1-3-8-16)22(26)24-20-11-5-4-9-17(20)13-14-18-10-6-12-21(25)27-18/h1-9,11-14,18-19H,10,15,23H2,(H,24,26)/b14-13+/t18-,19+/m1/s1. The lowest BCUT2D eigenvalue weighted by atomic mass is 10.1. The van der Waals surface area contributed by atoms with Crippen LogP contribution in [0.3, 0.4) is 0 Å². The third kappa shape index (κ3) is 5.39. The Balaban J connectivity index is 1.65. The van der Waals surface area contributed by atoms with Crippen LogP contribution in [0.15, 0.2) is 72.8 Å². The molecule has 138 valence electrons. The predicted octanol–water partition coefficient (Wildman–Crippen LogP) is 3.08. The Hall–Kier alpha value is -3.18. The first-order chi connectivity index (χ1) is 13.1. The van der Waals surface area contributed by atoms with Gasteiger partial charge in [0.15, 0.2) is 0 Å². The molecule has 0 aliphatic carbocycles. The van der Waals surface area contributed by atoms with E-state index < -0.39 is 6.04 Å². The molecule has 1 amide bonds. The maximum atomic E-state index is 12.5. The van der Waals surface area contributed by atoms with Gasteiger partial charge in [0, 0.05) is 18.2 Å². The quantitative estimate of drug-likeness (QED) is 0.774. The van der Waals surface area contributed by atoms with E-state index in [-0.39, 0.29) is 18.0 Å². The molecule has 2 aromatic rings. The van der Waals surface area contributed by atoms with Gasteiger partial charge >= 0.3 is 5.97 Å². The fourth-order valence-electron chi connectivity index (χ4n) is 2.81. The van der Waals surface area contributed by atoms with E-state index in [1.807, 2.05) is 66.7 Å². The van der Waals surface area contributed by atoms with Gasteiger partial charge in [0.1, 0.15) is 6.10 Å². The summed E-state index contributed by atoms with van der Waals surface area (Å²) in [6, 6.07) is 16.5. The van der Waals surface area contributed by atoms with Crippen molar-refractivity contribution in [3.8, 4) is 0 Å². The second-order valence-electron chi connectivity index (χ2n) is 6.35. The second kappa shape index (κ2) is 8.96. The third-order valence-corrected chi connectivity index (χ3v) is 4.23. The molecule has 0 spiro atoms. The molecule has 2 aromatic carbocycles. The Labute approximate surface area is 158 Å². The van der Waals surface area contributed by atoms with Gasteiger partial charge in [-0.3, -0.25) is 4.79 Å². The van der Waals surface area contributed by atoms with E-state index in [2.05, 4.69) is 5.32 Å². The first kappa shape index (κ1) is 18.6. The minimum absolute atomic E-state index is 0.244. The highest BCUT2D eigenvalue weighted by atomic mass is 16.5. The van der Waals surface area contributed by atoms with Crippen LogP contribution in [0.5, 0.6) is 0 Å². The zero-order chi connectivity index (χ0) is 19.1. The third-order valence-electron chi connectivity index (χ3n) is 4.23. The van der Waals surface area contributed by atoms with Gasteiger partial charge in [-0.05, 0) is 29.7 Å². The Bertz CT molecular complexity index is 859. The summed E-state index contributed by atoms with van der Waals surface area (Å²) < 4.78 is 5.21. The fraction of sp³-hybridized carbons (Fsp3) is 0.182. The molecule has 0 fully saturated rings. The topological polar surface area (TPSA) is 81.4 Å². The molecule has 0 unspecified atom stereocenters. The summed E-state index contributed by atoms with van der Waals surface area (Å²) in [5, 5.41) is 2.89. The van der Waals surface area contributed by atoms with Crippen molar-refractivity contribution < 1.29 is 14.3 Å². The molecule has 1 aliphatic heterocycles. The number of carbonyl (C=O) groups excluding carboxylic acids is 2. The number of amides is 1. The SMILES string of the molecule is N[C@@H](Cc1ccccc1)C(=O)Nc1ccccc1/C=C/[C@H]1CC=CC(=O)O1. The highest BCUT2D eigenvalue weighted by Gasteiger charge is 2.16. The highest BCUT2D eigenvalue weighted by molar-refractivity contribution is 5.96. The van der Waals surface area contributed by atoms with Crippen molar-refractivity contribution >= 4 is 23.6 Å². The monoisotopic (exact) mass is 362 g/mol. The average Bonchev–Trinajstić information content (AvgIpc) is 2.68. The number of benzene rings is 2. The van der Waals surface area contributed by atoms with Gasteiger partial charge in [0.25, 0.3) is 0 Å². The number of nitrogens with two attached hydrogens (primary N) is 1. The van der Waals surface area contributed by atoms with Crippen LogP contribution in [0, 0.1) is 0 Å². The molecule has 0 bridgehead atoms. The van der Waals surface area contributed by atoms with Gasteiger partial charge in [0.2, 0.25) is 5.91 Å². The van der Waals surface area contributed by atoms with Crippen molar-refractivity contribution in [3.63, 3.8) is 0 Å². The molecule has 3 rings (SSSR count). The number of rotatable bonds is 6. The van der Waals surface area contributed by atoms with Gasteiger partial charge in [-0.15, -0.1) is 0 Å².